The first-order chi connectivity index (χ1) is 13.4. The maximum atomic E-state index is 12.6. The van der Waals surface area contributed by atoms with Crippen LogP contribution in [-0.2, 0) is 21.2 Å². The monoisotopic (exact) mass is 420 g/mol. The van der Waals surface area contributed by atoms with E-state index in [9.17, 15) is 13.2 Å². The van der Waals surface area contributed by atoms with Crippen molar-refractivity contribution in [3.8, 4) is 0 Å². The summed E-state index contributed by atoms with van der Waals surface area (Å²) in [4.78, 5) is 12.4. The zero-order valence-electron chi connectivity index (χ0n) is 16.4. The highest BCUT2D eigenvalue weighted by molar-refractivity contribution is 7.91. The van der Waals surface area contributed by atoms with Crippen LogP contribution < -0.4 is 5.32 Å². The van der Waals surface area contributed by atoms with Gasteiger partial charge in [-0.1, -0.05) is 44.2 Å². The molecule has 1 fully saturated rings. The Morgan fingerprint density at radius 1 is 1.18 bits per heavy atom. The van der Waals surface area contributed by atoms with E-state index in [1.54, 1.807) is 17.5 Å². The predicted molar refractivity (Wildman–Crippen MR) is 113 cm³/mol. The average molecular weight is 421 g/mol. The topological polar surface area (TPSA) is 66.5 Å². The molecule has 7 heteroatoms. The molecule has 1 aliphatic rings. The highest BCUT2D eigenvalue weighted by Crippen LogP contribution is 2.26. The summed E-state index contributed by atoms with van der Waals surface area (Å²) in [5.74, 6) is 0.438. The second-order valence-electron chi connectivity index (χ2n) is 7.55. The average Bonchev–Trinajstić information content (AvgIpc) is 3.24. The summed E-state index contributed by atoms with van der Waals surface area (Å²) in [6, 6.07) is 11.9. The molecule has 0 bridgehead atoms. The molecule has 1 saturated heterocycles. The summed E-state index contributed by atoms with van der Waals surface area (Å²) >= 11 is 1.23. The van der Waals surface area contributed by atoms with Gasteiger partial charge in [0.1, 0.15) is 4.21 Å². The molecule has 28 heavy (non-hydrogen) atoms. The lowest BCUT2D eigenvalue weighted by Gasteiger charge is -2.30. The first-order valence-corrected chi connectivity index (χ1v) is 12.1. The zero-order valence-corrected chi connectivity index (χ0v) is 18.1. The van der Waals surface area contributed by atoms with E-state index >= 15 is 0 Å². The molecule has 0 saturated carbocycles. The Kier molecular flexibility index (Phi) is 6.91. The van der Waals surface area contributed by atoms with Crippen molar-refractivity contribution in [1.82, 2.24) is 9.62 Å². The number of hydrogen-bond donors (Lipinski definition) is 1. The van der Waals surface area contributed by atoms with Gasteiger partial charge in [-0.15, -0.1) is 11.3 Å². The SMILES string of the molecule is CC(C)c1ccc(CCNC(=O)C2CCN(S(=O)(=O)c3cccs3)CC2)cc1. The van der Waals surface area contributed by atoms with Crippen LogP contribution in [0.4, 0.5) is 0 Å². The fourth-order valence-electron chi connectivity index (χ4n) is 3.44. The van der Waals surface area contributed by atoms with E-state index < -0.39 is 10.0 Å². The molecule has 0 radical (unpaired) electrons. The molecule has 0 spiro atoms. The summed E-state index contributed by atoms with van der Waals surface area (Å²) in [6.45, 7) is 5.75. The van der Waals surface area contributed by atoms with Crippen molar-refractivity contribution in [2.75, 3.05) is 19.6 Å². The third kappa shape index (κ3) is 5.01. The maximum Gasteiger partial charge on any atom is 0.252 e. The minimum absolute atomic E-state index is 0.0342. The second-order valence-corrected chi connectivity index (χ2v) is 10.7. The Labute approximate surface area is 171 Å². The Balaban J connectivity index is 1.44. The Bertz CT molecular complexity index is 867. The van der Waals surface area contributed by atoms with Crippen molar-refractivity contribution in [2.24, 2.45) is 5.92 Å². The summed E-state index contributed by atoms with van der Waals surface area (Å²) in [5, 5.41) is 4.78. The van der Waals surface area contributed by atoms with E-state index in [2.05, 4.69) is 43.4 Å². The van der Waals surface area contributed by atoms with Gasteiger partial charge in [0.15, 0.2) is 0 Å². The van der Waals surface area contributed by atoms with Gasteiger partial charge in [0.25, 0.3) is 10.0 Å². The minimum Gasteiger partial charge on any atom is -0.356 e. The van der Waals surface area contributed by atoms with Crippen molar-refractivity contribution in [3.05, 3.63) is 52.9 Å². The van der Waals surface area contributed by atoms with Crippen LogP contribution in [0, 0.1) is 5.92 Å². The molecule has 1 aromatic heterocycles. The molecule has 0 aliphatic carbocycles. The molecule has 1 aromatic carbocycles. The van der Waals surface area contributed by atoms with Crippen LogP contribution in [0.25, 0.3) is 0 Å². The lowest BCUT2D eigenvalue weighted by atomic mass is 9.97. The van der Waals surface area contributed by atoms with Crippen LogP contribution in [-0.4, -0.2) is 38.3 Å². The van der Waals surface area contributed by atoms with Crippen molar-refractivity contribution in [3.63, 3.8) is 0 Å². The van der Waals surface area contributed by atoms with Crippen molar-refractivity contribution >= 4 is 27.3 Å². The van der Waals surface area contributed by atoms with E-state index in [4.69, 9.17) is 0 Å². The highest BCUT2D eigenvalue weighted by Gasteiger charge is 2.32. The summed E-state index contributed by atoms with van der Waals surface area (Å²) in [6.07, 6.45) is 1.94. The summed E-state index contributed by atoms with van der Waals surface area (Å²) < 4.78 is 27.0. The van der Waals surface area contributed by atoms with Crippen LogP contribution in [0.3, 0.4) is 0 Å². The van der Waals surface area contributed by atoms with Gasteiger partial charge in [-0.2, -0.15) is 4.31 Å². The number of rotatable bonds is 7. The van der Waals surface area contributed by atoms with E-state index in [-0.39, 0.29) is 11.8 Å². The third-order valence-corrected chi connectivity index (χ3v) is 8.54. The standard InChI is InChI=1S/C21H28N2O3S2/c1-16(2)18-7-5-17(6-8-18)9-12-22-21(24)19-10-13-23(14-11-19)28(25,26)20-4-3-15-27-20/h3-8,15-16,19H,9-14H2,1-2H3,(H,22,24). The van der Waals surface area contributed by atoms with E-state index in [1.807, 2.05) is 0 Å². The molecule has 0 atom stereocenters. The molecule has 2 heterocycles. The summed E-state index contributed by atoms with van der Waals surface area (Å²) in [5.41, 5.74) is 2.53. The number of thiophene rings is 1. The van der Waals surface area contributed by atoms with Crippen LogP contribution in [0.5, 0.6) is 0 Å². The molecule has 2 aromatic rings. The van der Waals surface area contributed by atoms with Crippen LogP contribution >= 0.6 is 11.3 Å². The smallest absolute Gasteiger partial charge is 0.252 e. The number of benzene rings is 1. The zero-order chi connectivity index (χ0) is 20.1. The molecular weight excluding hydrogens is 392 g/mol. The third-order valence-electron chi connectivity index (χ3n) is 5.27. The predicted octanol–water partition coefficient (Wildman–Crippen LogP) is 3.63. The van der Waals surface area contributed by atoms with Gasteiger partial charge in [0.05, 0.1) is 0 Å². The van der Waals surface area contributed by atoms with E-state index in [0.29, 0.717) is 42.6 Å². The Morgan fingerprint density at radius 2 is 1.86 bits per heavy atom. The molecule has 3 rings (SSSR count). The summed E-state index contributed by atoms with van der Waals surface area (Å²) in [7, 11) is -3.41. The molecular formula is C21H28N2O3S2. The Hall–Kier alpha value is -1.70. The van der Waals surface area contributed by atoms with Gasteiger partial charge < -0.3 is 5.32 Å². The van der Waals surface area contributed by atoms with Gasteiger partial charge in [-0.3, -0.25) is 4.79 Å². The normalized spacial score (nSPS) is 16.4. The number of hydrogen-bond acceptors (Lipinski definition) is 4. The van der Waals surface area contributed by atoms with Gasteiger partial charge in [-0.05, 0) is 47.8 Å². The van der Waals surface area contributed by atoms with Crippen LogP contribution in [0.15, 0.2) is 46.0 Å². The number of nitrogens with zero attached hydrogens (tertiary/aromatic N) is 1. The molecule has 1 N–H and O–H groups in total. The van der Waals surface area contributed by atoms with Crippen LogP contribution in [0.2, 0.25) is 0 Å². The molecule has 152 valence electrons. The number of carbonyl (C=O) groups is 1. The highest BCUT2D eigenvalue weighted by atomic mass is 32.2. The largest absolute Gasteiger partial charge is 0.356 e. The number of nitrogens with one attached hydrogen (secondary N) is 1. The molecule has 5 nitrogen and oxygen atoms in total. The van der Waals surface area contributed by atoms with E-state index in [0.717, 1.165) is 6.42 Å². The Morgan fingerprint density at radius 3 is 2.43 bits per heavy atom. The van der Waals surface area contributed by atoms with Crippen molar-refractivity contribution < 1.29 is 13.2 Å². The lowest BCUT2D eigenvalue weighted by molar-refractivity contribution is -0.126. The van der Waals surface area contributed by atoms with E-state index in [1.165, 1.54) is 26.8 Å². The fraction of sp³-hybridized carbons (Fsp3) is 0.476. The molecule has 0 unspecified atom stereocenters. The van der Waals surface area contributed by atoms with Gasteiger partial charge >= 0.3 is 0 Å². The second kappa shape index (κ2) is 9.20. The molecule has 1 amide bonds. The van der Waals surface area contributed by atoms with Crippen molar-refractivity contribution in [1.29, 1.82) is 0 Å². The quantitative estimate of drug-likeness (QED) is 0.744. The first kappa shape index (κ1) is 21.0. The minimum atomic E-state index is -3.41. The number of carbonyl (C=O) groups excluding carboxylic acids is 1. The van der Waals surface area contributed by atoms with Gasteiger partial charge in [0, 0.05) is 25.6 Å². The van der Waals surface area contributed by atoms with Gasteiger partial charge in [-0.25, -0.2) is 8.42 Å². The van der Waals surface area contributed by atoms with Crippen molar-refractivity contribution in [2.45, 2.75) is 43.2 Å². The fourth-order valence-corrected chi connectivity index (χ4v) is 6.05. The molecule has 1 aliphatic heterocycles. The van der Waals surface area contributed by atoms with Gasteiger partial charge in [0.2, 0.25) is 5.91 Å². The maximum absolute atomic E-state index is 12.6. The lowest BCUT2D eigenvalue weighted by Crippen LogP contribution is -2.43. The number of piperidine rings is 1. The number of sulfonamides is 1. The van der Waals surface area contributed by atoms with Crippen LogP contribution in [0.1, 0.15) is 43.7 Å². The number of amides is 1. The first-order valence-electron chi connectivity index (χ1n) is 9.78.